The van der Waals surface area contributed by atoms with Crippen molar-refractivity contribution in [1.82, 2.24) is 5.32 Å². The van der Waals surface area contributed by atoms with Gasteiger partial charge in [0.05, 0.1) is 12.0 Å². The van der Waals surface area contributed by atoms with Crippen LogP contribution in [0.3, 0.4) is 0 Å². The summed E-state index contributed by atoms with van der Waals surface area (Å²) in [5, 5.41) is 4.85. The Kier molecular flexibility index (Phi) is 5.39. The molecular formula is C16H18ClNO2. The van der Waals surface area contributed by atoms with Gasteiger partial charge in [-0.1, -0.05) is 36.4 Å². The van der Waals surface area contributed by atoms with Crippen molar-refractivity contribution in [1.29, 1.82) is 0 Å². The van der Waals surface area contributed by atoms with Crippen LogP contribution in [0.25, 0.3) is 10.8 Å². The van der Waals surface area contributed by atoms with Crippen LogP contribution in [0.4, 0.5) is 0 Å². The van der Waals surface area contributed by atoms with Gasteiger partial charge in [-0.2, -0.15) is 0 Å². The first-order valence-corrected chi connectivity index (χ1v) is 7.05. The summed E-state index contributed by atoms with van der Waals surface area (Å²) in [5.74, 6) is -0.0666. The molecular weight excluding hydrogens is 274 g/mol. The van der Waals surface area contributed by atoms with E-state index in [0.29, 0.717) is 25.1 Å². The molecule has 3 nitrogen and oxygen atoms in total. The first-order valence-electron chi connectivity index (χ1n) is 6.61. The van der Waals surface area contributed by atoms with Crippen LogP contribution in [0.1, 0.15) is 16.8 Å². The highest BCUT2D eigenvalue weighted by Crippen LogP contribution is 2.18. The van der Waals surface area contributed by atoms with E-state index in [1.165, 1.54) is 0 Å². The molecule has 0 saturated heterocycles. The summed E-state index contributed by atoms with van der Waals surface area (Å²) in [6, 6.07) is 13.6. The SMILES string of the molecule is COCC(Cl)CCNC(=O)c1cccc2ccccc12. The number of ether oxygens (including phenoxy) is 1. The van der Waals surface area contributed by atoms with Gasteiger partial charge < -0.3 is 10.1 Å². The Morgan fingerprint density at radius 1 is 1.25 bits per heavy atom. The highest BCUT2D eigenvalue weighted by molar-refractivity contribution is 6.20. The Labute approximate surface area is 123 Å². The summed E-state index contributed by atoms with van der Waals surface area (Å²) in [7, 11) is 1.62. The number of halogens is 1. The normalized spacial score (nSPS) is 12.3. The number of alkyl halides is 1. The first kappa shape index (κ1) is 14.8. The molecule has 0 saturated carbocycles. The van der Waals surface area contributed by atoms with Crippen LogP contribution >= 0.6 is 11.6 Å². The minimum Gasteiger partial charge on any atom is -0.383 e. The van der Waals surface area contributed by atoms with Gasteiger partial charge in [-0.25, -0.2) is 0 Å². The second-order valence-electron chi connectivity index (χ2n) is 4.62. The van der Waals surface area contributed by atoms with Crippen molar-refractivity contribution in [3.05, 3.63) is 48.0 Å². The Balaban J connectivity index is 2.01. The average Bonchev–Trinajstić information content (AvgIpc) is 2.47. The molecule has 0 aliphatic carbocycles. The molecule has 1 amide bonds. The number of methoxy groups -OCH3 is 1. The summed E-state index contributed by atoms with van der Waals surface area (Å²) in [6.07, 6.45) is 0.686. The summed E-state index contributed by atoms with van der Waals surface area (Å²) < 4.78 is 4.96. The maximum absolute atomic E-state index is 12.2. The molecule has 0 spiro atoms. The zero-order valence-corrected chi connectivity index (χ0v) is 12.2. The number of rotatable bonds is 6. The summed E-state index contributed by atoms with van der Waals surface area (Å²) in [5.41, 5.74) is 0.695. The molecule has 0 bridgehead atoms. The Morgan fingerprint density at radius 3 is 2.80 bits per heavy atom. The van der Waals surface area contributed by atoms with E-state index < -0.39 is 0 Å². The van der Waals surface area contributed by atoms with Crippen LogP contribution in [-0.2, 0) is 4.74 Å². The third-order valence-corrected chi connectivity index (χ3v) is 3.47. The fraction of sp³-hybridized carbons (Fsp3) is 0.312. The molecule has 20 heavy (non-hydrogen) atoms. The zero-order valence-electron chi connectivity index (χ0n) is 11.4. The van der Waals surface area contributed by atoms with Crippen molar-refractivity contribution in [3.8, 4) is 0 Å². The van der Waals surface area contributed by atoms with E-state index in [9.17, 15) is 4.79 Å². The molecule has 2 aromatic carbocycles. The highest BCUT2D eigenvalue weighted by atomic mass is 35.5. The van der Waals surface area contributed by atoms with E-state index in [0.717, 1.165) is 10.8 Å². The fourth-order valence-electron chi connectivity index (χ4n) is 2.13. The number of fused-ring (bicyclic) bond motifs is 1. The van der Waals surface area contributed by atoms with Gasteiger partial charge >= 0.3 is 0 Å². The molecule has 106 valence electrons. The van der Waals surface area contributed by atoms with Crippen molar-refractivity contribution in [2.75, 3.05) is 20.3 Å². The number of carbonyl (C=O) groups excluding carboxylic acids is 1. The molecule has 0 fully saturated rings. The van der Waals surface area contributed by atoms with E-state index in [1.54, 1.807) is 7.11 Å². The van der Waals surface area contributed by atoms with E-state index in [2.05, 4.69) is 5.32 Å². The smallest absolute Gasteiger partial charge is 0.251 e. The van der Waals surface area contributed by atoms with Crippen LogP contribution in [-0.4, -0.2) is 31.5 Å². The van der Waals surface area contributed by atoms with Gasteiger partial charge in [-0.15, -0.1) is 11.6 Å². The number of amides is 1. The topological polar surface area (TPSA) is 38.3 Å². The van der Waals surface area contributed by atoms with Crippen LogP contribution in [0.2, 0.25) is 0 Å². The van der Waals surface area contributed by atoms with Crippen molar-refractivity contribution < 1.29 is 9.53 Å². The molecule has 0 aromatic heterocycles. The first-order chi connectivity index (χ1) is 9.72. The second kappa shape index (κ2) is 7.27. The maximum atomic E-state index is 12.2. The third-order valence-electron chi connectivity index (χ3n) is 3.12. The zero-order chi connectivity index (χ0) is 14.4. The Hall–Kier alpha value is -1.58. The number of hydrogen-bond donors (Lipinski definition) is 1. The lowest BCUT2D eigenvalue weighted by Gasteiger charge is -2.10. The van der Waals surface area contributed by atoms with E-state index in [-0.39, 0.29) is 11.3 Å². The predicted molar refractivity (Wildman–Crippen MR) is 82.4 cm³/mol. The number of benzene rings is 2. The lowest BCUT2D eigenvalue weighted by Crippen LogP contribution is -2.27. The van der Waals surface area contributed by atoms with Gasteiger partial charge in [-0.3, -0.25) is 4.79 Å². The van der Waals surface area contributed by atoms with E-state index in [4.69, 9.17) is 16.3 Å². The summed E-state index contributed by atoms with van der Waals surface area (Å²) in [6.45, 7) is 1.03. The molecule has 1 atom stereocenters. The molecule has 0 aliphatic rings. The largest absolute Gasteiger partial charge is 0.383 e. The molecule has 0 aliphatic heterocycles. The molecule has 2 rings (SSSR count). The number of nitrogens with one attached hydrogen (secondary N) is 1. The Bertz CT molecular complexity index is 580. The lowest BCUT2D eigenvalue weighted by atomic mass is 10.0. The van der Waals surface area contributed by atoms with Gasteiger partial charge in [0.25, 0.3) is 5.91 Å². The minimum absolute atomic E-state index is 0.0666. The van der Waals surface area contributed by atoms with E-state index >= 15 is 0 Å². The fourth-order valence-corrected chi connectivity index (χ4v) is 2.36. The van der Waals surface area contributed by atoms with Crippen molar-refractivity contribution in [3.63, 3.8) is 0 Å². The maximum Gasteiger partial charge on any atom is 0.251 e. The Morgan fingerprint density at radius 2 is 2.00 bits per heavy atom. The lowest BCUT2D eigenvalue weighted by molar-refractivity contribution is 0.0953. The average molecular weight is 292 g/mol. The van der Waals surface area contributed by atoms with Crippen LogP contribution in [0, 0.1) is 0 Å². The van der Waals surface area contributed by atoms with Crippen molar-refractivity contribution >= 4 is 28.3 Å². The van der Waals surface area contributed by atoms with Gasteiger partial charge in [0.15, 0.2) is 0 Å². The summed E-state index contributed by atoms with van der Waals surface area (Å²) in [4.78, 5) is 12.2. The molecule has 2 aromatic rings. The molecule has 4 heteroatoms. The molecule has 0 heterocycles. The predicted octanol–water partition coefficient (Wildman–Crippen LogP) is 3.21. The van der Waals surface area contributed by atoms with Gasteiger partial charge in [0.2, 0.25) is 0 Å². The van der Waals surface area contributed by atoms with Crippen molar-refractivity contribution in [2.24, 2.45) is 0 Å². The second-order valence-corrected chi connectivity index (χ2v) is 5.24. The third kappa shape index (κ3) is 3.71. The van der Waals surface area contributed by atoms with Gasteiger partial charge in [0.1, 0.15) is 0 Å². The van der Waals surface area contributed by atoms with Gasteiger partial charge in [0, 0.05) is 19.2 Å². The van der Waals surface area contributed by atoms with E-state index in [1.807, 2.05) is 42.5 Å². The monoisotopic (exact) mass is 291 g/mol. The molecule has 0 radical (unpaired) electrons. The van der Waals surface area contributed by atoms with Crippen LogP contribution in [0.15, 0.2) is 42.5 Å². The summed E-state index contributed by atoms with van der Waals surface area (Å²) >= 11 is 6.03. The van der Waals surface area contributed by atoms with Crippen molar-refractivity contribution in [2.45, 2.75) is 11.8 Å². The minimum atomic E-state index is -0.0761. The standard InChI is InChI=1S/C16H18ClNO2/c1-20-11-13(17)9-10-18-16(19)15-8-4-6-12-5-2-3-7-14(12)15/h2-8,13H,9-11H2,1H3,(H,18,19). The number of carbonyl (C=O) groups is 1. The van der Waals surface area contributed by atoms with Crippen LogP contribution < -0.4 is 5.32 Å². The van der Waals surface area contributed by atoms with Crippen LogP contribution in [0.5, 0.6) is 0 Å². The molecule has 1 unspecified atom stereocenters. The van der Waals surface area contributed by atoms with Gasteiger partial charge in [-0.05, 0) is 23.3 Å². The number of hydrogen-bond acceptors (Lipinski definition) is 2. The molecule has 1 N–H and O–H groups in total. The highest BCUT2D eigenvalue weighted by Gasteiger charge is 2.10. The quantitative estimate of drug-likeness (QED) is 0.830.